The predicted molar refractivity (Wildman–Crippen MR) is 75.5 cm³/mol. The fraction of sp³-hybridized carbons (Fsp3) is 0.769. The summed E-state index contributed by atoms with van der Waals surface area (Å²) in [7, 11) is 1.75. The number of rotatable bonds is 6. The Morgan fingerprint density at radius 1 is 1.45 bits per heavy atom. The SMILES string of the molecule is Cn1cc(NC(=O)NCCCOC2CCCCC2)nn1. The molecule has 20 heavy (non-hydrogen) atoms. The minimum Gasteiger partial charge on any atom is -0.378 e. The molecule has 0 aromatic carbocycles. The molecule has 0 atom stereocenters. The van der Waals surface area contributed by atoms with Gasteiger partial charge in [-0.3, -0.25) is 10.00 Å². The second-order valence-electron chi connectivity index (χ2n) is 5.14. The number of ether oxygens (including phenoxy) is 1. The first-order valence-electron chi connectivity index (χ1n) is 7.27. The Morgan fingerprint density at radius 2 is 2.25 bits per heavy atom. The first kappa shape index (κ1) is 14.8. The predicted octanol–water partition coefficient (Wildman–Crippen LogP) is 1.68. The number of amides is 2. The topological polar surface area (TPSA) is 81.1 Å². The first-order chi connectivity index (χ1) is 9.74. The van der Waals surface area contributed by atoms with Crippen LogP contribution in [0.3, 0.4) is 0 Å². The number of urea groups is 1. The maximum Gasteiger partial charge on any atom is 0.320 e. The first-order valence-corrected chi connectivity index (χ1v) is 7.27. The van der Waals surface area contributed by atoms with Gasteiger partial charge in [0.05, 0.1) is 12.3 Å². The Bertz CT molecular complexity index is 415. The van der Waals surface area contributed by atoms with E-state index in [0.29, 0.717) is 25.1 Å². The van der Waals surface area contributed by atoms with Crippen LogP contribution in [0.5, 0.6) is 0 Å². The molecule has 0 spiro atoms. The van der Waals surface area contributed by atoms with Crippen molar-refractivity contribution in [2.24, 2.45) is 7.05 Å². The molecule has 2 rings (SSSR count). The van der Waals surface area contributed by atoms with Gasteiger partial charge in [0, 0.05) is 20.2 Å². The van der Waals surface area contributed by atoms with Crippen LogP contribution < -0.4 is 10.6 Å². The van der Waals surface area contributed by atoms with Crippen molar-refractivity contribution in [2.45, 2.75) is 44.6 Å². The minimum atomic E-state index is -0.261. The van der Waals surface area contributed by atoms with Crippen molar-refractivity contribution in [1.82, 2.24) is 20.3 Å². The second-order valence-corrected chi connectivity index (χ2v) is 5.14. The number of anilines is 1. The van der Waals surface area contributed by atoms with Gasteiger partial charge in [0.15, 0.2) is 5.82 Å². The summed E-state index contributed by atoms with van der Waals surface area (Å²) >= 11 is 0. The summed E-state index contributed by atoms with van der Waals surface area (Å²) in [5.41, 5.74) is 0. The third-order valence-electron chi connectivity index (χ3n) is 3.36. The molecule has 0 aliphatic heterocycles. The Balaban J connectivity index is 1.51. The third kappa shape index (κ3) is 5.16. The summed E-state index contributed by atoms with van der Waals surface area (Å²) in [6.45, 7) is 1.30. The highest BCUT2D eigenvalue weighted by Crippen LogP contribution is 2.20. The summed E-state index contributed by atoms with van der Waals surface area (Å²) in [6, 6.07) is -0.261. The molecule has 1 aromatic heterocycles. The second kappa shape index (κ2) is 7.84. The maximum atomic E-state index is 11.5. The highest BCUT2D eigenvalue weighted by Gasteiger charge is 2.13. The van der Waals surface area contributed by atoms with Crippen LogP contribution in [0.15, 0.2) is 6.20 Å². The average molecular weight is 281 g/mol. The molecule has 1 heterocycles. The van der Waals surface area contributed by atoms with Gasteiger partial charge in [-0.1, -0.05) is 24.5 Å². The lowest BCUT2D eigenvalue weighted by Gasteiger charge is -2.21. The zero-order chi connectivity index (χ0) is 14.2. The molecule has 1 fully saturated rings. The lowest BCUT2D eigenvalue weighted by molar-refractivity contribution is 0.0276. The number of carbonyl (C=O) groups is 1. The highest BCUT2D eigenvalue weighted by atomic mass is 16.5. The molecule has 1 aliphatic rings. The van der Waals surface area contributed by atoms with Crippen LogP contribution in [0.1, 0.15) is 38.5 Å². The molecule has 112 valence electrons. The van der Waals surface area contributed by atoms with Crippen LogP contribution in [0.4, 0.5) is 10.6 Å². The summed E-state index contributed by atoms with van der Waals surface area (Å²) < 4.78 is 7.32. The number of carbonyl (C=O) groups excluding carboxylic acids is 1. The van der Waals surface area contributed by atoms with E-state index < -0.39 is 0 Å². The number of aryl methyl sites for hydroxylation is 1. The molecule has 0 unspecified atom stereocenters. The largest absolute Gasteiger partial charge is 0.378 e. The van der Waals surface area contributed by atoms with Crippen LogP contribution in [-0.2, 0) is 11.8 Å². The van der Waals surface area contributed by atoms with E-state index >= 15 is 0 Å². The normalized spacial score (nSPS) is 16.1. The minimum absolute atomic E-state index is 0.261. The summed E-state index contributed by atoms with van der Waals surface area (Å²) in [5, 5.41) is 12.9. The van der Waals surface area contributed by atoms with Gasteiger partial charge in [-0.2, -0.15) is 0 Å². The summed E-state index contributed by atoms with van der Waals surface area (Å²) in [4.78, 5) is 11.5. The van der Waals surface area contributed by atoms with E-state index in [1.165, 1.54) is 36.8 Å². The van der Waals surface area contributed by atoms with Gasteiger partial charge in [-0.25, -0.2) is 4.79 Å². The van der Waals surface area contributed by atoms with Gasteiger partial charge in [-0.15, -0.1) is 5.10 Å². The fourth-order valence-corrected chi connectivity index (χ4v) is 2.32. The van der Waals surface area contributed by atoms with Crippen LogP contribution >= 0.6 is 0 Å². The molecule has 1 aliphatic carbocycles. The van der Waals surface area contributed by atoms with Crippen LogP contribution in [-0.4, -0.2) is 40.3 Å². The molecular formula is C13H23N5O2. The highest BCUT2D eigenvalue weighted by molar-refractivity contribution is 5.87. The van der Waals surface area contributed by atoms with Crippen molar-refractivity contribution in [3.05, 3.63) is 6.20 Å². The van der Waals surface area contributed by atoms with Gasteiger partial charge in [0.1, 0.15) is 0 Å². The Kier molecular flexibility index (Phi) is 5.79. The van der Waals surface area contributed by atoms with Gasteiger partial charge < -0.3 is 10.1 Å². The smallest absolute Gasteiger partial charge is 0.320 e. The molecule has 0 bridgehead atoms. The lowest BCUT2D eigenvalue weighted by Crippen LogP contribution is -2.30. The van der Waals surface area contributed by atoms with E-state index in [4.69, 9.17) is 4.74 Å². The number of hydrogen-bond donors (Lipinski definition) is 2. The summed E-state index contributed by atoms with van der Waals surface area (Å²) in [6.07, 6.45) is 9.16. The molecule has 0 saturated heterocycles. The van der Waals surface area contributed by atoms with Crippen molar-refractivity contribution in [1.29, 1.82) is 0 Å². The van der Waals surface area contributed by atoms with Gasteiger partial charge in [0.25, 0.3) is 0 Å². The molecule has 7 nitrogen and oxygen atoms in total. The third-order valence-corrected chi connectivity index (χ3v) is 3.36. The van der Waals surface area contributed by atoms with Crippen molar-refractivity contribution in [2.75, 3.05) is 18.5 Å². The van der Waals surface area contributed by atoms with E-state index in [2.05, 4.69) is 20.9 Å². The molecule has 2 N–H and O–H groups in total. The zero-order valence-electron chi connectivity index (χ0n) is 12.0. The van der Waals surface area contributed by atoms with Crippen molar-refractivity contribution >= 4 is 11.8 Å². The number of nitrogens with zero attached hydrogens (tertiary/aromatic N) is 3. The van der Waals surface area contributed by atoms with Gasteiger partial charge in [-0.05, 0) is 19.3 Å². The average Bonchev–Trinajstić information content (AvgIpc) is 2.85. The van der Waals surface area contributed by atoms with E-state index in [9.17, 15) is 4.79 Å². The Morgan fingerprint density at radius 3 is 2.95 bits per heavy atom. The zero-order valence-corrected chi connectivity index (χ0v) is 12.0. The van der Waals surface area contributed by atoms with E-state index in [1.54, 1.807) is 13.2 Å². The van der Waals surface area contributed by atoms with Gasteiger partial charge >= 0.3 is 6.03 Å². The number of aromatic nitrogens is 3. The van der Waals surface area contributed by atoms with Crippen LogP contribution in [0.2, 0.25) is 0 Å². The van der Waals surface area contributed by atoms with Crippen molar-refractivity contribution < 1.29 is 9.53 Å². The Hall–Kier alpha value is -1.63. The molecule has 1 saturated carbocycles. The van der Waals surface area contributed by atoms with Crippen molar-refractivity contribution in [3.8, 4) is 0 Å². The van der Waals surface area contributed by atoms with Crippen LogP contribution in [0.25, 0.3) is 0 Å². The van der Waals surface area contributed by atoms with Crippen LogP contribution in [0, 0.1) is 0 Å². The van der Waals surface area contributed by atoms with Gasteiger partial charge in [0.2, 0.25) is 0 Å². The molecular weight excluding hydrogens is 258 g/mol. The number of hydrogen-bond acceptors (Lipinski definition) is 4. The molecule has 0 radical (unpaired) electrons. The van der Waals surface area contributed by atoms with Crippen molar-refractivity contribution in [3.63, 3.8) is 0 Å². The summed E-state index contributed by atoms with van der Waals surface area (Å²) in [5.74, 6) is 0.448. The van der Waals surface area contributed by atoms with E-state index in [0.717, 1.165) is 6.42 Å². The molecule has 1 aromatic rings. The van der Waals surface area contributed by atoms with E-state index in [1.807, 2.05) is 0 Å². The quantitative estimate of drug-likeness (QED) is 0.777. The Labute approximate surface area is 119 Å². The lowest BCUT2D eigenvalue weighted by atomic mass is 9.98. The molecule has 2 amide bonds. The monoisotopic (exact) mass is 281 g/mol. The maximum absolute atomic E-state index is 11.5. The standard InChI is InChI=1S/C13H23N5O2/c1-18-10-12(16-17-18)15-13(19)14-8-5-9-20-11-6-3-2-4-7-11/h10-11H,2-9H2,1H3,(H2,14,15,19). The van der Waals surface area contributed by atoms with E-state index in [-0.39, 0.29) is 6.03 Å². The molecule has 7 heteroatoms. The number of nitrogens with one attached hydrogen (secondary N) is 2. The fourth-order valence-electron chi connectivity index (χ4n) is 2.32.